The summed E-state index contributed by atoms with van der Waals surface area (Å²) in [5, 5.41) is 0. The van der Waals surface area contributed by atoms with Gasteiger partial charge in [0.2, 0.25) is 9.05 Å². The minimum atomic E-state index is -3.60. The van der Waals surface area contributed by atoms with Gasteiger partial charge in [-0.05, 0) is 17.7 Å². The van der Waals surface area contributed by atoms with Crippen LogP contribution in [0.2, 0.25) is 0 Å². The van der Waals surface area contributed by atoms with Crippen molar-refractivity contribution in [3.8, 4) is 5.75 Å². The van der Waals surface area contributed by atoms with E-state index in [0.29, 0.717) is 5.75 Å². The summed E-state index contributed by atoms with van der Waals surface area (Å²) < 4.78 is 28.2. The largest absolute Gasteiger partial charge is 0.491 e. The summed E-state index contributed by atoms with van der Waals surface area (Å²) in [5.41, 5.74) is 0.876. The average Bonchev–Trinajstić information content (AvgIpc) is 2.44. The van der Waals surface area contributed by atoms with Gasteiger partial charge < -0.3 is 4.74 Å². The number of aromatic nitrogens is 1. The normalized spacial score (nSPS) is 12.8. The summed E-state index contributed by atoms with van der Waals surface area (Å²) in [5.74, 6) is 0.109. The minimum Gasteiger partial charge on any atom is -0.491 e. The van der Waals surface area contributed by atoms with Gasteiger partial charge in [-0.3, -0.25) is 4.98 Å². The summed E-state index contributed by atoms with van der Waals surface area (Å²) in [6.07, 6.45) is 3.22. The standard InChI is InChI=1S/C14H14ClNO3S/c15-20(17,18)11-13(12-5-2-1-3-6-12)10-19-14-7-4-8-16-9-14/h1-9,13H,10-11H2. The molecule has 2 rings (SSSR count). The van der Waals surface area contributed by atoms with Gasteiger partial charge in [0.25, 0.3) is 0 Å². The molecule has 0 spiro atoms. The number of pyridine rings is 1. The summed E-state index contributed by atoms with van der Waals surface area (Å²) >= 11 is 0. The third-order valence-electron chi connectivity index (χ3n) is 2.76. The molecule has 20 heavy (non-hydrogen) atoms. The van der Waals surface area contributed by atoms with Crippen molar-refractivity contribution in [1.82, 2.24) is 4.98 Å². The van der Waals surface area contributed by atoms with E-state index in [1.807, 2.05) is 30.3 Å². The van der Waals surface area contributed by atoms with Gasteiger partial charge in [0.15, 0.2) is 0 Å². The summed E-state index contributed by atoms with van der Waals surface area (Å²) in [7, 11) is 1.76. The number of nitrogens with zero attached hydrogens (tertiary/aromatic N) is 1. The molecule has 1 aromatic carbocycles. The fourth-order valence-corrected chi connectivity index (χ4v) is 3.06. The quantitative estimate of drug-likeness (QED) is 0.770. The van der Waals surface area contributed by atoms with E-state index in [4.69, 9.17) is 15.4 Å². The lowest BCUT2D eigenvalue weighted by Crippen LogP contribution is -2.18. The SMILES string of the molecule is O=S(=O)(Cl)CC(COc1cccnc1)c1ccccc1. The van der Waals surface area contributed by atoms with Crippen molar-refractivity contribution in [3.63, 3.8) is 0 Å². The maximum atomic E-state index is 11.3. The third kappa shape index (κ3) is 4.83. The maximum absolute atomic E-state index is 11.3. The Morgan fingerprint density at radius 2 is 1.90 bits per heavy atom. The van der Waals surface area contributed by atoms with Gasteiger partial charge in [0.05, 0.1) is 18.6 Å². The van der Waals surface area contributed by atoms with Crippen molar-refractivity contribution >= 4 is 19.7 Å². The molecule has 106 valence electrons. The molecule has 1 unspecified atom stereocenters. The Morgan fingerprint density at radius 1 is 1.15 bits per heavy atom. The molecule has 4 nitrogen and oxygen atoms in total. The monoisotopic (exact) mass is 311 g/mol. The van der Waals surface area contributed by atoms with Crippen LogP contribution in [0.4, 0.5) is 0 Å². The first-order valence-corrected chi connectivity index (χ1v) is 8.52. The molecule has 0 fully saturated rings. The van der Waals surface area contributed by atoms with Crippen LogP contribution in [0.15, 0.2) is 54.9 Å². The van der Waals surface area contributed by atoms with E-state index in [0.717, 1.165) is 5.56 Å². The van der Waals surface area contributed by atoms with Gasteiger partial charge in [0.1, 0.15) is 5.75 Å². The van der Waals surface area contributed by atoms with Crippen molar-refractivity contribution in [3.05, 3.63) is 60.4 Å². The Balaban J connectivity index is 2.11. The van der Waals surface area contributed by atoms with E-state index in [-0.39, 0.29) is 18.3 Å². The first-order valence-electron chi connectivity index (χ1n) is 6.05. The number of halogens is 1. The number of ether oxygens (including phenoxy) is 1. The van der Waals surface area contributed by atoms with Crippen molar-refractivity contribution in [2.24, 2.45) is 0 Å². The number of hydrogen-bond donors (Lipinski definition) is 0. The smallest absolute Gasteiger partial charge is 0.233 e. The first kappa shape index (κ1) is 14.8. The van der Waals surface area contributed by atoms with Crippen molar-refractivity contribution in [2.45, 2.75) is 5.92 Å². The molecule has 1 aromatic heterocycles. The number of rotatable bonds is 6. The molecule has 1 heterocycles. The first-order chi connectivity index (χ1) is 9.54. The summed E-state index contributed by atoms with van der Waals surface area (Å²) in [6, 6.07) is 12.8. The molecular formula is C14H14ClNO3S. The second kappa shape index (κ2) is 6.72. The van der Waals surface area contributed by atoms with Crippen LogP contribution in [-0.4, -0.2) is 25.8 Å². The van der Waals surface area contributed by atoms with Crippen LogP contribution in [0.5, 0.6) is 5.75 Å². The maximum Gasteiger partial charge on any atom is 0.233 e. The Labute approximate surface area is 122 Å². The van der Waals surface area contributed by atoms with E-state index in [2.05, 4.69) is 4.98 Å². The van der Waals surface area contributed by atoms with Crippen molar-refractivity contribution in [1.29, 1.82) is 0 Å². The second-order valence-corrected chi connectivity index (χ2v) is 7.13. The molecule has 6 heteroatoms. The van der Waals surface area contributed by atoms with Gasteiger partial charge in [-0.25, -0.2) is 8.42 Å². The zero-order chi connectivity index (χ0) is 14.4. The molecule has 1 atom stereocenters. The second-order valence-electron chi connectivity index (χ2n) is 4.31. The summed E-state index contributed by atoms with van der Waals surface area (Å²) in [6.45, 7) is 0.224. The van der Waals surface area contributed by atoms with Gasteiger partial charge in [-0.1, -0.05) is 30.3 Å². The van der Waals surface area contributed by atoms with Crippen LogP contribution < -0.4 is 4.74 Å². The average molecular weight is 312 g/mol. The molecule has 0 aliphatic heterocycles. The molecule has 0 bridgehead atoms. The Hall–Kier alpha value is -1.59. The van der Waals surface area contributed by atoms with Gasteiger partial charge in [-0.15, -0.1) is 0 Å². The number of hydrogen-bond acceptors (Lipinski definition) is 4. The Morgan fingerprint density at radius 3 is 2.50 bits per heavy atom. The van der Waals surface area contributed by atoms with E-state index in [1.165, 1.54) is 0 Å². The van der Waals surface area contributed by atoms with Crippen molar-refractivity contribution in [2.75, 3.05) is 12.4 Å². The molecule has 0 N–H and O–H groups in total. The fourth-order valence-electron chi connectivity index (χ4n) is 1.84. The Kier molecular flexibility index (Phi) is 4.98. The third-order valence-corrected chi connectivity index (χ3v) is 3.94. The van der Waals surface area contributed by atoms with Gasteiger partial charge in [0, 0.05) is 22.8 Å². The molecule has 0 amide bonds. The zero-order valence-electron chi connectivity index (χ0n) is 10.6. The zero-order valence-corrected chi connectivity index (χ0v) is 12.2. The molecule has 0 aliphatic rings. The fraction of sp³-hybridized carbons (Fsp3) is 0.214. The highest BCUT2D eigenvalue weighted by Crippen LogP contribution is 2.21. The van der Waals surface area contributed by atoms with E-state index in [9.17, 15) is 8.42 Å². The highest BCUT2D eigenvalue weighted by atomic mass is 35.7. The van der Waals surface area contributed by atoms with Crippen LogP contribution in [0.25, 0.3) is 0 Å². The van der Waals surface area contributed by atoms with Crippen LogP contribution in [0.3, 0.4) is 0 Å². The van der Waals surface area contributed by atoms with E-state index < -0.39 is 9.05 Å². The van der Waals surface area contributed by atoms with Crippen molar-refractivity contribution < 1.29 is 13.2 Å². The van der Waals surface area contributed by atoms with E-state index >= 15 is 0 Å². The lowest BCUT2D eigenvalue weighted by atomic mass is 10.0. The van der Waals surface area contributed by atoms with Crippen LogP contribution in [0.1, 0.15) is 11.5 Å². The van der Waals surface area contributed by atoms with Crippen LogP contribution in [-0.2, 0) is 9.05 Å². The predicted octanol–water partition coefficient (Wildman–Crippen LogP) is 2.81. The van der Waals surface area contributed by atoms with Crippen LogP contribution >= 0.6 is 10.7 Å². The lowest BCUT2D eigenvalue weighted by molar-refractivity contribution is 0.295. The molecule has 0 saturated heterocycles. The van der Waals surface area contributed by atoms with E-state index in [1.54, 1.807) is 24.5 Å². The number of benzene rings is 1. The van der Waals surface area contributed by atoms with Gasteiger partial charge in [-0.2, -0.15) is 0 Å². The van der Waals surface area contributed by atoms with Gasteiger partial charge >= 0.3 is 0 Å². The molecule has 0 saturated carbocycles. The highest BCUT2D eigenvalue weighted by Gasteiger charge is 2.19. The highest BCUT2D eigenvalue weighted by molar-refractivity contribution is 8.13. The van der Waals surface area contributed by atoms with Crippen LogP contribution in [0, 0.1) is 0 Å². The topological polar surface area (TPSA) is 56.3 Å². The Bertz CT molecular complexity index is 632. The molecule has 2 aromatic rings. The minimum absolute atomic E-state index is 0.168. The molecule has 0 radical (unpaired) electrons. The molecular weight excluding hydrogens is 298 g/mol. The molecule has 0 aliphatic carbocycles. The summed E-state index contributed by atoms with van der Waals surface area (Å²) in [4.78, 5) is 3.94. The predicted molar refractivity (Wildman–Crippen MR) is 78.6 cm³/mol. The lowest BCUT2D eigenvalue weighted by Gasteiger charge is -2.16.